The first-order chi connectivity index (χ1) is 11.7. The minimum absolute atomic E-state index is 0.0504. The van der Waals surface area contributed by atoms with Crippen LogP contribution in [0.5, 0.6) is 0 Å². The van der Waals surface area contributed by atoms with E-state index in [2.05, 4.69) is 21.6 Å². The van der Waals surface area contributed by atoms with E-state index in [-0.39, 0.29) is 5.91 Å². The van der Waals surface area contributed by atoms with E-state index in [1.165, 1.54) is 11.8 Å². The van der Waals surface area contributed by atoms with Crippen LogP contribution in [0.25, 0.3) is 15.2 Å². The van der Waals surface area contributed by atoms with Crippen LogP contribution in [-0.2, 0) is 4.79 Å². The number of nitrogens with one attached hydrogen (secondary N) is 1. The number of para-hydroxylation sites is 2. The molecular weight excluding hydrogens is 340 g/mol. The van der Waals surface area contributed by atoms with Crippen LogP contribution in [0.3, 0.4) is 0 Å². The van der Waals surface area contributed by atoms with Gasteiger partial charge in [-0.05, 0) is 30.7 Å². The zero-order chi connectivity index (χ0) is 16.5. The number of amides is 1. The molecule has 0 saturated heterocycles. The number of benzene rings is 2. The molecule has 4 rings (SSSR count). The number of hydrogen-bond donors (Lipinski definition) is 1. The van der Waals surface area contributed by atoms with Gasteiger partial charge in [0, 0.05) is 5.69 Å². The predicted molar refractivity (Wildman–Crippen MR) is 98.9 cm³/mol. The molecule has 1 amide bonds. The standard InChI is InChI=1S/C17H14N4OS2/c1-11-6-2-3-7-12(11)18-15(22)10-23-16-19-20-17-21(16)13-8-4-5-9-14(13)24-17/h2-9H,10H2,1H3,(H,18,22). The maximum atomic E-state index is 12.2. The fourth-order valence-electron chi connectivity index (χ4n) is 2.48. The molecule has 0 aliphatic rings. The molecule has 0 aliphatic heterocycles. The average Bonchev–Trinajstić information content (AvgIpc) is 3.14. The van der Waals surface area contributed by atoms with Gasteiger partial charge in [-0.25, -0.2) is 0 Å². The number of thioether (sulfide) groups is 1. The van der Waals surface area contributed by atoms with E-state index in [4.69, 9.17) is 0 Å². The number of rotatable bonds is 4. The molecule has 5 nitrogen and oxygen atoms in total. The number of carbonyl (C=O) groups is 1. The number of fused-ring (bicyclic) bond motifs is 3. The monoisotopic (exact) mass is 354 g/mol. The molecule has 4 aromatic rings. The van der Waals surface area contributed by atoms with Crippen molar-refractivity contribution in [3.8, 4) is 0 Å². The fraction of sp³-hybridized carbons (Fsp3) is 0.118. The summed E-state index contributed by atoms with van der Waals surface area (Å²) in [4.78, 5) is 13.1. The zero-order valence-electron chi connectivity index (χ0n) is 12.9. The van der Waals surface area contributed by atoms with E-state index < -0.39 is 0 Å². The predicted octanol–water partition coefficient (Wildman–Crippen LogP) is 3.98. The van der Waals surface area contributed by atoms with Crippen molar-refractivity contribution in [3.05, 3.63) is 54.1 Å². The molecule has 2 aromatic heterocycles. The number of aromatic nitrogens is 3. The minimum Gasteiger partial charge on any atom is -0.325 e. The van der Waals surface area contributed by atoms with Crippen LogP contribution < -0.4 is 5.32 Å². The lowest BCUT2D eigenvalue weighted by molar-refractivity contribution is -0.113. The smallest absolute Gasteiger partial charge is 0.234 e. The molecule has 2 aromatic carbocycles. The van der Waals surface area contributed by atoms with E-state index in [9.17, 15) is 4.79 Å². The summed E-state index contributed by atoms with van der Waals surface area (Å²) in [5.74, 6) is 0.241. The van der Waals surface area contributed by atoms with Gasteiger partial charge in [0.15, 0.2) is 5.16 Å². The second-order valence-electron chi connectivity index (χ2n) is 5.32. The second-order valence-corrected chi connectivity index (χ2v) is 7.27. The Morgan fingerprint density at radius 3 is 2.83 bits per heavy atom. The molecule has 2 heterocycles. The number of hydrogen-bond acceptors (Lipinski definition) is 5. The first-order valence-electron chi connectivity index (χ1n) is 7.43. The van der Waals surface area contributed by atoms with Crippen LogP contribution in [0.15, 0.2) is 53.7 Å². The quantitative estimate of drug-likeness (QED) is 0.563. The van der Waals surface area contributed by atoms with Crippen LogP contribution in [-0.4, -0.2) is 26.3 Å². The summed E-state index contributed by atoms with van der Waals surface area (Å²) in [6.07, 6.45) is 0. The van der Waals surface area contributed by atoms with Gasteiger partial charge in [0.2, 0.25) is 10.9 Å². The van der Waals surface area contributed by atoms with Gasteiger partial charge in [-0.1, -0.05) is 53.4 Å². The first-order valence-corrected chi connectivity index (χ1v) is 9.23. The van der Waals surface area contributed by atoms with E-state index in [0.29, 0.717) is 5.75 Å². The van der Waals surface area contributed by atoms with Crippen LogP contribution in [0.1, 0.15) is 5.56 Å². The molecule has 1 N–H and O–H groups in total. The highest BCUT2D eigenvalue weighted by Gasteiger charge is 2.14. The first kappa shape index (κ1) is 15.2. The fourth-order valence-corrected chi connectivity index (χ4v) is 4.25. The molecule has 0 fully saturated rings. The SMILES string of the molecule is Cc1ccccc1NC(=O)CSc1nnc2sc3ccccc3n12. The Hall–Kier alpha value is -2.38. The maximum Gasteiger partial charge on any atom is 0.234 e. The van der Waals surface area contributed by atoms with E-state index >= 15 is 0 Å². The topological polar surface area (TPSA) is 59.3 Å². The summed E-state index contributed by atoms with van der Waals surface area (Å²) < 4.78 is 3.17. The Balaban J connectivity index is 1.53. The van der Waals surface area contributed by atoms with Crippen molar-refractivity contribution in [1.82, 2.24) is 14.6 Å². The molecule has 0 aliphatic carbocycles. The summed E-state index contributed by atoms with van der Waals surface area (Å²) >= 11 is 2.99. The van der Waals surface area contributed by atoms with Crippen LogP contribution in [0.2, 0.25) is 0 Å². The summed E-state index contributed by atoms with van der Waals surface area (Å²) in [5.41, 5.74) is 2.96. The van der Waals surface area contributed by atoms with Crippen LogP contribution in [0.4, 0.5) is 5.69 Å². The Morgan fingerprint density at radius 2 is 1.96 bits per heavy atom. The van der Waals surface area contributed by atoms with Crippen molar-refractivity contribution in [2.45, 2.75) is 12.1 Å². The molecule has 0 bridgehead atoms. The van der Waals surface area contributed by atoms with Gasteiger partial charge in [0.05, 0.1) is 16.0 Å². The second kappa shape index (κ2) is 6.26. The third kappa shape index (κ3) is 2.76. The molecule has 120 valence electrons. The molecule has 0 unspecified atom stereocenters. The lowest BCUT2D eigenvalue weighted by Crippen LogP contribution is -2.15. The van der Waals surface area contributed by atoms with Crippen molar-refractivity contribution in [1.29, 1.82) is 0 Å². The number of aryl methyl sites for hydroxylation is 1. The lowest BCUT2D eigenvalue weighted by Gasteiger charge is -2.07. The molecule has 7 heteroatoms. The summed E-state index contributed by atoms with van der Waals surface area (Å²) in [6.45, 7) is 1.97. The Labute approximate surface area is 146 Å². The molecule has 24 heavy (non-hydrogen) atoms. The Morgan fingerprint density at radius 1 is 1.17 bits per heavy atom. The maximum absolute atomic E-state index is 12.2. The van der Waals surface area contributed by atoms with Crippen LogP contribution >= 0.6 is 23.1 Å². The van der Waals surface area contributed by atoms with E-state index in [1.807, 2.05) is 53.8 Å². The average molecular weight is 354 g/mol. The number of carbonyl (C=O) groups excluding carboxylic acids is 1. The van der Waals surface area contributed by atoms with Gasteiger partial charge >= 0.3 is 0 Å². The van der Waals surface area contributed by atoms with Gasteiger partial charge in [-0.15, -0.1) is 10.2 Å². The molecule has 0 atom stereocenters. The number of anilines is 1. The van der Waals surface area contributed by atoms with Crippen molar-refractivity contribution < 1.29 is 4.79 Å². The van der Waals surface area contributed by atoms with Gasteiger partial charge in [-0.2, -0.15) is 0 Å². The summed E-state index contributed by atoms with van der Waals surface area (Å²) in [7, 11) is 0. The van der Waals surface area contributed by atoms with Gasteiger partial charge in [-0.3, -0.25) is 9.20 Å². The van der Waals surface area contributed by atoms with Crippen molar-refractivity contribution in [2.75, 3.05) is 11.1 Å². The third-order valence-electron chi connectivity index (χ3n) is 3.66. The number of thiazole rings is 1. The Bertz CT molecular complexity index is 1040. The summed E-state index contributed by atoms with van der Waals surface area (Å²) in [5, 5.41) is 12.1. The van der Waals surface area contributed by atoms with Crippen molar-refractivity contribution >= 4 is 49.9 Å². The zero-order valence-corrected chi connectivity index (χ0v) is 14.5. The van der Waals surface area contributed by atoms with E-state index in [0.717, 1.165) is 31.6 Å². The van der Waals surface area contributed by atoms with Gasteiger partial charge in [0.25, 0.3) is 0 Å². The van der Waals surface area contributed by atoms with Gasteiger partial charge < -0.3 is 5.32 Å². The lowest BCUT2D eigenvalue weighted by atomic mass is 10.2. The molecular formula is C17H14N4OS2. The minimum atomic E-state index is -0.0504. The van der Waals surface area contributed by atoms with Crippen molar-refractivity contribution in [2.24, 2.45) is 0 Å². The molecule has 0 spiro atoms. The van der Waals surface area contributed by atoms with Crippen molar-refractivity contribution in [3.63, 3.8) is 0 Å². The third-order valence-corrected chi connectivity index (χ3v) is 5.60. The highest BCUT2D eigenvalue weighted by Crippen LogP contribution is 2.29. The Kier molecular flexibility index (Phi) is 3.95. The molecule has 0 radical (unpaired) electrons. The highest BCUT2D eigenvalue weighted by atomic mass is 32.2. The highest BCUT2D eigenvalue weighted by molar-refractivity contribution is 7.99. The summed E-state index contributed by atoms with van der Waals surface area (Å²) in [6, 6.07) is 15.8. The number of nitrogens with zero attached hydrogens (tertiary/aromatic N) is 3. The largest absolute Gasteiger partial charge is 0.325 e. The normalized spacial score (nSPS) is 11.2. The van der Waals surface area contributed by atoms with Crippen LogP contribution in [0, 0.1) is 6.92 Å². The molecule has 0 saturated carbocycles. The van der Waals surface area contributed by atoms with E-state index in [1.54, 1.807) is 11.3 Å². The van der Waals surface area contributed by atoms with Gasteiger partial charge in [0.1, 0.15) is 0 Å².